The molecule has 2 unspecified atom stereocenters. The summed E-state index contributed by atoms with van der Waals surface area (Å²) in [6, 6.07) is 12.2. The summed E-state index contributed by atoms with van der Waals surface area (Å²) in [4.78, 5) is 32.7. The molecule has 2 saturated heterocycles. The van der Waals surface area contributed by atoms with Crippen molar-refractivity contribution in [2.75, 3.05) is 18.0 Å². The summed E-state index contributed by atoms with van der Waals surface area (Å²) in [5.74, 6) is -1.41. The highest BCUT2D eigenvalue weighted by Gasteiger charge is 2.40. The monoisotopic (exact) mass is 605 g/mol. The maximum absolute atomic E-state index is 14.5. The number of benzene rings is 2. The third kappa shape index (κ3) is 6.14. The quantitative estimate of drug-likeness (QED) is 0.413. The number of aliphatic hydroxyl groups excluding tert-OH is 1. The Bertz CT molecular complexity index is 1590. The zero-order valence-corrected chi connectivity index (χ0v) is 23.9. The molecular weight excluding hydrogens is 576 g/mol. The number of nitrogens with zero attached hydrogens (tertiary/aromatic N) is 4. The third-order valence-corrected chi connectivity index (χ3v) is 9.36. The Labute approximate surface area is 251 Å². The Morgan fingerprint density at radius 1 is 1.12 bits per heavy atom. The summed E-state index contributed by atoms with van der Waals surface area (Å²) < 4.78 is 34.8. The predicted molar refractivity (Wildman–Crippen MR) is 154 cm³/mol. The second kappa shape index (κ2) is 12.2. The van der Waals surface area contributed by atoms with Crippen molar-refractivity contribution >= 4 is 29.3 Å². The van der Waals surface area contributed by atoms with Gasteiger partial charge in [0.2, 0.25) is 5.91 Å². The lowest BCUT2D eigenvalue weighted by molar-refractivity contribution is -0.129. The van der Waals surface area contributed by atoms with Crippen LogP contribution in [0.3, 0.4) is 0 Å². The van der Waals surface area contributed by atoms with Crippen LogP contribution >= 0.6 is 11.8 Å². The number of thioether (sulfide) groups is 1. The molecule has 2 aromatic carbocycles. The van der Waals surface area contributed by atoms with Gasteiger partial charge in [-0.05, 0) is 49.6 Å². The molecule has 9 nitrogen and oxygen atoms in total. The van der Waals surface area contributed by atoms with Crippen molar-refractivity contribution in [2.45, 2.75) is 61.4 Å². The summed E-state index contributed by atoms with van der Waals surface area (Å²) in [6.07, 6.45) is 2.76. The van der Waals surface area contributed by atoms with Crippen LogP contribution in [-0.4, -0.2) is 57.4 Å². The first kappa shape index (κ1) is 28.9. The van der Waals surface area contributed by atoms with E-state index in [-0.39, 0.29) is 42.6 Å². The van der Waals surface area contributed by atoms with E-state index in [0.717, 1.165) is 23.4 Å². The van der Waals surface area contributed by atoms with Crippen molar-refractivity contribution in [3.05, 3.63) is 82.5 Å². The molecule has 2 N–H and O–H groups in total. The molecule has 1 aromatic heterocycles. The summed E-state index contributed by atoms with van der Waals surface area (Å²) in [6.45, 7) is 1.68. The smallest absolute Gasteiger partial charge is 0.255 e. The fourth-order valence-corrected chi connectivity index (χ4v) is 6.85. The molecule has 3 aliphatic rings. The van der Waals surface area contributed by atoms with Crippen molar-refractivity contribution in [1.82, 2.24) is 15.2 Å². The van der Waals surface area contributed by atoms with E-state index in [2.05, 4.69) is 10.3 Å². The summed E-state index contributed by atoms with van der Waals surface area (Å²) in [5, 5.41) is 22.9. The van der Waals surface area contributed by atoms with Gasteiger partial charge in [0.05, 0.1) is 40.5 Å². The van der Waals surface area contributed by atoms with Crippen molar-refractivity contribution in [3.8, 4) is 11.8 Å². The molecule has 0 bridgehead atoms. The number of halogens is 2. The van der Waals surface area contributed by atoms with E-state index in [1.807, 2.05) is 23.1 Å². The Hall–Kier alpha value is -4.21. The van der Waals surface area contributed by atoms with Gasteiger partial charge in [0.15, 0.2) is 0 Å². The van der Waals surface area contributed by atoms with Gasteiger partial charge in [-0.2, -0.15) is 5.26 Å². The average molecular weight is 606 g/mol. The third-order valence-electron chi connectivity index (χ3n) is 8.07. The lowest BCUT2D eigenvalue weighted by Gasteiger charge is -2.35. The number of carbonyl (C=O) groups excluding carboxylic acids is 2. The van der Waals surface area contributed by atoms with Crippen LogP contribution in [0.5, 0.6) is 5.75 Å². The number of aliphatic hydroxyl groups is 1. The van der Waals surface area contributed by atoms with E-state index < -0.39 is 24.0 Å². The summed E-state index contributed by atoms with van der Waals surface area (Å²) in [7, 11) is 0. The Morgan fingerprint density at radius 2 is 1.93 bits per heavy atom. The van der Waals surface area contributed by atoms with Gasteiger partial charge in [0.1, 0.15) is 30.2 Å². The summed E-state index contributed by atoms with van der Waals surface area (Å²) >= 11 is 1.67. The predicted octanol–water partition coefficient (Wildman–Crippen LogP) is 4.12. The van der Waals surface area contributed by atoms with E-state index in [1.54, 1.807) is 30.1 Å². The molecule has 222 valence electrons. The molecule has 3 aliphatic heterocycles. The fourth-order valence-electron chi connectivity index (χ4n) is 5.80. The van der Waals surface area contributed by atoms with Gasteiger partial charge in [0.25, 0.3) is 5.91 Å². The molecule has 0 aliphatic carbocycles. The van der Waals surface area contributed by atoms with Gasteiger partial charge >= 0.3 is 0 Å². The van der Waals surface area contributed by atoms with Gasteiger partial charge in [-0.15, -0.1) is 11.8 Å². The topological polar surface area (TPSA) is 119 Å². The lowest BCUT2D eigenvalue weighted by atomic mass is 10.0. The Kier molecular flexibility index (Phi) is 8.19. The number of hydrogen-bond acceptors (Lipinski definition) is 8. The van der Waals surface area contributed by atoms with Crippen LogP contribution in [0.1, 0.15) is 52.7 Å². The Morgan fingerprint density at radius 3 is 2.63 bits per heavy atom. The van der Waals surface area contributed by atoms with Crippen molar-refractivity contribution in [3.63, 3.8) is 0 Å². The highest BCUT2D eigenvalue weighted by atomic mass is 32.2. The molecule has 3 aromatic rings. The van der Waals surface area contributed by atoms with Crippen molar-refractivity contribution in [1.29, 1.82) is 5.26 Å². The molecule has 6 rings (SSSR count). The van der Waals surface area contributed by atoms with Gasteiger partial charge in [0, 0.05) is 48.2 Å². The van der Waals surface area contributed by atoms with Crippen LogP contribution in [0.15, 0.2) is 53.7 Å². The SMILES string of the molecule is N#Cc1ccc(N2CCC(Sc3ccc(COc4cc(F)cc5c4CN(C4CCC(=O)NC4O)C5=O)cn3)CC2)c(F)c1. The Balaban J connectivity index is 1.04. The number of nitriles is 1. The molecule has 0 radical (unpaired) electrons. The first-order valence-corrected chi connectivity index (χ1v) is 15.0. The minimum atomic E-state index is -1.19. The second-order valence-electron chi connectivity index (χ2n) is 10.9. The number of rotatable bonds is 7. The van der Waals surface area contributed by atoms with Gasteiger partial charge in [-0.3, -0.25) is 9.59 Å². The minimum Gasteiger partial charge on any atom is -0.488 e. The molecule has 2 atom stereocenters. The molecule has 4 heterocycles. The highest BCUT2D eigenvalue weighted by Crippen LogP contribution is 2.36. The number of aromatic nitrogens is 1. The van der Waals surface area contributed by atoms with Gasteiger partial charge in [-0.25, -0.2) is 13.8 Å². The molecule has 2 amide bonds. The normalized spacial score (nSPS) is 20.5. The molecule has 0 spiro atoms. The number of carbonyl (C=O) groups is 2. The number of nitrogens with one attached hydrogen (secondary N) is 1. The number of pyridine rings is 1. The number of fused-ring (bicyclic) bond motifs is 1. The average Bonchev–Trinajstić information content (AvgIpc) is 3.32. The van der Waals surface area contributed by atoms with E-state index in [0.29, 0.717) is 41.6 Å². The number of hydrogen-bond donors (Lipinski definition) is 2. The van der Waals surface area contributed by atoms with Crippen LogP contribution in [0.25, 0.3) is 0 Å². The molecule has 0 saturated carbocycles. The number of amides is 2. The first-order valence-electron chi connectivity index (χ1n) is 14.1. The molecule has 2 fully saturated rings. The molecule has 12 heteroatoms. The lowest BCUT2D eigenvalue weighted by Crippen LogP contribution is -2.55. The highest BCUT2D eigenvalue weighted by molar-refractivity contribution is 7.99. The van der Waals surface area contributed by atoms with Crippen LogP contribution < -0.4 is 15.0 Å². The first-order chi connectivity index (χ1) is 20.8. The van der Waals surface area contributed by atoms with E-state index in [4.69, 9.17) is 10.00 Å². The fraction of sp³-hybridized carbons (Fsp3) is 0.355. The van der Waals surface area contributed by atoms with Crippen LogP contribution in [0, 0.1) is 23.0 Å². The maximum Gasteiger partial charge on any atom is 0.255 e. The zero-order valence-electron chi connectivity index (χ0n) is 23.1. The van der Waals surface area contributed by atoms with Gasteiger partial charge < -0.3 is 25.0 Å². The van der Waals surface area contributed by atoms with Crippen molar-refractivity contribution < 1.29 is 28.2 Å². The van der Waals surface area contributed by atoms with E-state index in [1.165, 1.54) is 23.1 Å². The van der Waals surface area contributed by atoms with E-state index in [9.17, 15) is 23.5 Å². The molecule has 43 heavy (non-hydrogen) atoms. The second-order valence-corrected chi connectivity index (χ2v) is 12.2. The largest absolute Gasteiger partial charge is 0.488 e. The molecular formula is C31H29F2N5O4S. The van der Waals surface area contributed by atoms with Crippen LogP contribution in [0.4, 0.5) is 14.5 Å². The number of ether oxygens (including phenoxy) is 1. The zero-order chi connectivity index (χ0) is 30.1. The van der Waals surface area contributed by atoms with Crippen LogP contribution in [-0.2, 0) is 17.9 Å². The van der Waals surface area contributed by atoms with E-state index >= 15 is 0 Å². The minimum absolute atomic E-state index is 0.124. The number of piperidine rings is 2. The van der Waals surface area contributed by atoms with Crippen molar-refractivity contribution in [2.24, 2.45) is 0 Å². The standard InChI is InChI=1S/C31H29F2N5O4S/c32-20-12-22-23(16-38(31(22)41)26-4-5-28(39)36-30(26)40)27(13-20)42-17-19-2-6-29(35-15-19)43-21-7-9-37(10-8-21)25-3-1-18(14-34)11-24(25)33/h1-3,6,11-13,15,21,26,30,40H,4-5,7-10,16-17H2,(H,36,39). The van der Waals surface area contributed by atoms with Crippen LogP contribution in [0.2, 0.25) is 0 Å². The summed E-state index contributed by atoms with van der Waals surface area (Å²) in [5.41, 5.74) is 2.34. The van der Waals surface area contributed by atoms with Gasteiger partial charge in [-0.1, -0.05) is 6.07 Å². The maximum atomic E-state index is 14.5. The number of anilines is 1.